The maximum absolute atomic E-state index is 5.59. The molecule has 2 heterocycles. The molecule has 2 aromatic heterocycles. The molecule has 0 bridgehead atoms. The molecule has 0 aliphatic heterocycles. The zero-order chi connectivity index (χ0) is 13.1. The van der Waals surface area contributed by atoms with Crippen molar-refractivity contribution in [1.29, 1.82) is 0 Å². The lowest BCUT2D eigenvalue weighted by molar-refractivity contribution is 0.432. The standard InChI is InChI=1S/C11H18N6O/c1-8(12-2)10-14-15-11(18-10)16(3)6-9-5-13-17(4)7-9/h5,7-8,12H,6H2,1-4H3. The molecule has 0 aromatic carbocycles. The van der Waals surface area contributed by atoms with E-state index in [9.17, 15) is 0 Å². The van der Waals surface area contributed by atoms with Crippen LogP contribution in [0.5, 0.6) is 0 Å². The van der Waals surface area contributed by atoms with Gasteiger partial charge in [0.25, 0.3) is 0 Å². The first-order chi connectivity index (χ1) is 8.60. The van der Waals surface area contributed by atoms with Crippen LogP contribution in [0.3, 0.4) is 0 Å². The van der Waals surface area contributed by atoms with Gasteiger partial charge in [0.05, 0.1) is 18.8 Å². The molecule has 0 spiro atoms. The Labute approximate surface area is 106 Å². The Hall–Kier alpha value is -1.89. The van der Waals surface area contributed by atoms with E-state index in [0.29, 0.717) is 18.5 Å². The second-order valence-electron chi connectivity index (χ2n) is 4.31. The summed E-state index contributed by atoms with van der Waals surface area (Å²) in [6.07, 6.45) is 3.79. The van der Waals surface area contributed by atoms with Gasteiger partial charge >= 0.3 is 6.01 Å². The smallest absolute Gasteiger partial charge is 0.318 e. The molecule has 2 aromatic rings. The third kappa shape index (κ3) is 2.67. The SMILES string of the molecule is CNC(C)c1nnc(N(C)Cc2cnn(C)c2)o1. The summed E-state index contributed by atoms with van der Waals surface area (Å²) in [6, 6.07) is 0.564. The van der Waals surface area contributed by atoms with E-state index in [1.165, 1.54) is 0 Å². The van der Waals surface area contributed by atoms with E-state index in [4.69, 9.17) is 4.42 Å². The maximum atomic E-state index is 5.59. The van der Waals surface area contributed by atoms with Crippen LogP contribution in [-0.4, -0.2) is 34.1 Å². The summed E-state index contributed by atoms with van der Waals surface area (Å²) < 4.78 is 7.36. The molecule has 7 heteroatoms. The molecule has 0 fully saturated rings. The minimum absolute atomic E-state index is 0.0537. The van der Waals surface area contributed by atoms with Gasteiger partial charge < -0.3 is 14.6 Å². The van der Waals surface area contributed by atoms with Crippen molar-refractivity contribution >= 4 is 6.01 Å². The largest absolute Gasteiger partial charge is 0.406 e. The molecule has 2 rings (SSSR count). The number of rotatable bonds is 5. The molecular weight excluding hydrogens is 232 g/mol. The summed E-state index contributed by atoms with van der Waals surface area (Å²) in [7, 11) is 5.66. The lowest BCUT2D eigenvalue weighted by atomic mass is 10.3. The van der Waals surface area contributed by atoms with Gasteiger partial charge in [-0.2, -0.15) is 5.10 Å². The van der Waals surface area contributed by atoms with E-state index in [1.807, 2.05) is 45.4 Å². The summed E-state index contributed by atoms with van der Waals surface area (Å²) in [4.78, 5) is 1.90. The van der Waals surface area contributed by atoms with Gasteiger partial charge in [-0.15, -0.1) is 5.10 Å². The summed E-state index contributed by atoms with van der Waals surface area (Å²) in [6.45, 7) is 2.65. The van der Waals surface area contributed by atoms with Gasteiger partial charge in [0.1, 0.15) is 0 Å². The second-order valence-corrected chi connectivity index (χ2v) is 4.31. The lowest BCUT2D eigenvalue weighted by Gasteiger charge is -2.12. The van der Waals surface area contributed by atoms with Gasteiger partial charge in [0.15, 0.2) is 0 Å². The Morgan fingerprint density at radius 2 is 2.28 bits per heavy atom. The van der Waals surface area contributed by atoms with Crippen LogP contribution in [0.4, 0.5) is 6.01 Å². The third-order valence-corrected chi connectivity index (χ3v) is 2.74. The van der Waals surface area contributed by atoms with E-state index in [2.05, 4.69) is 20.6 Å². The molecule has 0 aliphatic carbocycles. The first-order valence-electron chi connectivity index (χ1n) is 5.79. The molecule has 1 unspecified atom stereocenters. The number of aryl methyl sites for hydroxylation is 1. The lowest BCUT2D eigenvalue weighted by Crippen LogP contribution is -2.16. The molecule has 0 radical (unpaired) electrons. The summed E-state index contributed by atoms with van der Waals surface area (Å²) in [5.41, 5.74) is 1.10. The van der Waals surface area contributed by atoms with Crippen LogP contribution in [0.1, 0.15) is 24.4 Å². The van der Waals surface area contributed by atoms with Gasteiger partial charge in [-0.3, -0.25) is 4.68 Å². The summed E-state index contributed by atoms with van der Waals surface area (Å²) >= 11 is 0. The Balaban J connectivity index is 2.04. The number of nitrogens with one attached hydrogen (secondary N) is 1. The number of aromatic nitrogens is 4. The topological polar surface area (TPSA) is 72.0 Å². The zero-order valence-corrected chi connectivity index (χ0v) is 11.1. The van der Waals surface area contributed by atoms with Gasteiger partial charge in [-0.25, -0.2) is 0 Å². The van der Waals surface area contributed by atoms with Gasteiger partial charge in [0, 0.05) is 25.9 Å². The average molecular weight is 250 g/mol. The molecule has 0 aliphatic rings. The van der Waals surface area contributed by atoms with E-state index in [-0.39, 0.29) is 6.04 Å². The van der Waals surface area contributed by atoms with E-state index in [0.717, 1.165) is 5.56 Å². The fourth-order valence-electron chi connectivity index (χ4n) is 1.57. The highest BCUT2D eigenvalue weighted by Gasteiger charge is 2.15. The van der Waals surface area contributed by atoms with Crippen LogP contribution in [0.2, 0.25) is 0 Å². The van der Waals surface area contributed by atoms with Gasteiger partial charge in [-0.1, -0.05) is 5.10 Å². The summed E-state index contributed by atoms with van der Waals surface area (Å²) in [5.74, 6) is 0.588. The number of hydrogen-bond donors (Lipinski definition) is 1. The normalized spacial score (nSPS) is 12.7. The first-order valence-corrected chi connectivity index (χ1v) is 5.79. The first kappa shape index (κ1) is 12.6. The van der Waals surface area contributed by atoms with E-state index in [1.54, 1.807) is 4.68 Å². The molecule has 1 N–H and O–H groups in total. The molecule has 0 saturated heterocycles. The quantitative estimate of drug-likeness (QED) is 0.843. The molecule has 98 valence electrons. The fourth-order valence-corrected chi connectivity index (χ4v) is 1.57. The predicted molar refractivity (Wildman–Crippen MR) is 67.1 cm³/mol. The highest BCUT2D eigenvalue weighted by Crippen LogP contribution is 2.17. The Morgan fingerprint density at radius 1 is 1.50 bits per heavy atom. The molecule has 18 heavy (non-hydrogen) atoms. The zero-order valence-electron chi connectivity index (χ0n) is 11.1. The maximum Gasteiger partial charge on any atom is 0.318 e. The molecule has 7 nitrogen and oxygen atoms in total. The molecule has 1 atom stereocenters. The van der Waals surface area contributed by atoms with Gasteiger partial charge in [0.2, 0.25) is 5.89 Å². The van der Waals surface area contributed by atoms with Crippen molar-refractivity contribution in [3.8, 4) is 0 Å². The van der Waals surface area contributed by atoms with Crippen LogP contribution < -0.4 is 10.2 Å². The van der Waals surface area contributed by atoms with Crippen molar-refractivity contribution in [3.63, 3.8) is 0 Å². The average Bonchev–Trinajstić information content (AvgIpc) is 2.97. The van der Waals surface area contributed by atoms with Gasteiger partial charge in [-0.05, 0) is 14.0 Å². The summed E-state index contributed by atoms with van der Waals surface area (Å²) in [5, 5.41) is 15.2. The van der Waals surface area contributed by atoms with Crippen molar-refractivity contribution in [1.82, 2.24) is 25.3 Å². The number of anilines is 1. The Morgan fingerprint density at radius 3 is 2.89 bits per heavy atom. The molecular formula is C11H18N6O. The second kappa shape index (κ2) is 5.18. The Kier molecular flexibility index (Phi) is 3.61. The van der Waals surface area contributed by atoms with Crippen molar-refractivity contribution < 1.29 is 4.42 Å². The molecule has 0 saturated carbocycles. The highest BCUT2D eigenvalue weighted by atomic mass is 16.4. The van der Waals surface area contributed by atoms with Crippen molar-refractivity contribution in [2.24, 2.45) is 7.05 Å². The van der Waals surface area contributed by atoms with Crippen molar-refractivity contribution in [2.45, 2.75) is 19.5 Å². The van der Waals surface area contributed by atoms with Crippen LogP contribution in [-0.2, 0) is 13.6 Å². The number of hydrogen-bond acceptors (Lipinski definition) is 6. The fraction of sp³-hybridized carbons (Fsp3) is 0.545. The van der Waals surface area contributed by atoms with Crippen LogP contribution in [0.15, 0.2) is 16.8 Å². The van der Waals surface area contributed by atoms with Crippen molar-refractivity contribution in [2.75, 3.05) is 19.0 Å². The third-order valence-electron chi connectivity index (χ3n) is 2.74. The number of nitrogens with zero attached hydrogens (tertiary/aromatic N) is 5. The minimum atomic E-state index is 0.0537. The predicted octanol–water partition coefficient (Wildman–Crippen LogP) is 0.720. The minimum Gasteiger partial charge on any atom is -0.406 e. The van der Waals surface area contributed by atoms with Crippen LogP contribution in [0.25, 0.3) is 0 Å². The van der Waals surface area contributed by atoms with E-state index < -0.39 is 0 Å². The van der Waals surface area contributed by atoms with Crippen LogP contribution in [0, 0.1) is 0 Å². The Bertz CT molecular complexity index is 505. The highest BCUT2D eigenvalue weighted by molar-refractivity contribution is 5.25. The van der Waals surface area contributed by atoms with E-state index >= 15 is 0 Å². The monoisotopic (exact) mass is 250 g/mol. The van der Waals surface area contributed by atoms with Crippen LogP contribution >= 0.6 is 0 Å². The molecule has 0 amide bonds. The van der Waals surface area contributed by atoms with Crippen molar-refractivity contribution in [3.05, 3.63) is 23.8 Å².